The van der Waals surface area contributed by atoms with Gasteiger partial charge in [-0.15, -0.1) is 0 Å². The molecule has 0 radical (unpaired) electrons. The molecule has 1 heterocycles. The van der Waals surface area contributed by atoms with Gasteiger partial charge in [0.1, 0.15) is 11.1 Å². The van der Waals surface area contributed by atoms with Crippen LogP contribution in [0.2, 0.25) is 0 Å². The molecule has 0 unspecified atom stereocenters. The van der Waals surface area contributed by atoms with Gasteiger partial charge >= 0.3 is 7.60 Å². The maximum absolute atomic E-state index is 13.5. The van der Waals surface area contributed by atoms with Crippen LogP contribution in [0.1, 0.15) is 0 Å². The second kappa shape index (κ2) is 4.98. The summed E-state index contributed by atoms with van der Waals surface area (Å²) in [4.78, 5) is 31.6. The topological polar surface area (TPSA) is 137 Å². The van der Waals surface area contributed by atoms with Crippen molar-refractivity contribution in [1.29, 1.82) is 0 Å². The van der Waals surface area contributed by atoms with Crippen molar-refractivity contribution in [3.05, 3.63) is 34.4 Å². The van der Waals surface area contributed by atoms with Crippen LogP contribution in [0.25, 0.3) is 10.9 Å². The number of fused-ring (bicyclic) bond motifs is 1. The number of aromatic nitrogens is 1. The molecular formula is C9H8FN2O6PS. The monoisotopic (exact) mass is 322 g/mol. The molecular weight excluding hydrogens is 314 g/mol. The molecule has 2 rings (SSSR count). The largest absolute Gasteiger partial charge is 0.361 e. The van der Waals surface area contributed by atoms with Crippen LogP contribution >= 0.6 is 7.60 Å². The zero-order valence-electron chi connectivity index (χ0n) is 9.53. The minimum atomic E-state index is -4.79. The maximum Gasteiger partial charge on any atom is 0.361 e. The summed E-state index contributed by atoms with van der Waals surface area (Å²) in [5.41, 5.74) is -1.45. The maximum atomic E-state index is 13.5. The Hall–Kier alpha value is -1.74. The third kappa shape index (κ3) is 2.88. The van der Waals surface area contributed by atoms with E-state index in [4.69, 9.17) is 9.79 Å². The molecule has 0 aliphatic heterocycles. The van der Waals surface area contributed by atoms with Gasteiger partial charge in [0.2, 0.25) is 10.9 Å². The molecule has 0 fully saturated rings. The number of aromatic amines is 1. The predicted octanol–water partition coefficient (Wildman–Crippen LogP) is -0.591. The molecule has 1 aromatic heterocycles. The van der Waals surface area contributed by atoms with Crippen molar-refractivity contribution in [3.8, 4) is 0 Å². The van der Waals surface area contributed by atoms with Crippen LogP contribution < -0.4 is 15.6 Å². The molecule has 108 valence electrons. The van der Waals surface area contributed by atoms with Crippen molar-refractivity contribution in [2.75, 3.05) is 4.72 Å². The summed E-state index contributed by atoms with van der Waals surface area (Å²) in [6.45, 7) is 0. The Morgan fingerprint density at radius 3 is 2.45 bits per heavy atom. The number of nitrogens with one attached hydrogen (secondary N) is 2. The third-order valence-electron chi connectivity index (χ3n) is 2.44. The lowest BCUT2D eigenvalue weighted by molar-refractivity contribution is 0.387. The zero-order chi connectivity index (χ0) is 15.1. The summed E-state index contributed by atoms with van der Waals surface area (Å²) in [5.74, 6) is -0.934. The summed E-state index contributed by atoms with van der Waals surface area (Å²) in [6, 6.07) is 2.75. The first-order chi connectivity index (χ1) is 9.18. The highest BCUT2D eigenvalue weighted by atomic mass is 32.2. The Labute approximate surface area is 112 Å². The highest BCUT2D eigenvalue weighted by Crippen LogP contribution is 2.32. The van der Waals surface area contributed by atoms with Crippen LogP contribution in [0.3, 0.4) is 0 Å². The Morgan fingerprint density at radius 2 is 1.90 bits per heavy atom. The van der Waals surface area contributed by atoms with Gasteiger partial charge in [0.05, 0.1) is 11.2 Å². The molecule has 1 aromatic carbocycles. The van der Waals surface area contributed by atoms with Crippen LogP contribution in [0, 0.1) is 5.82 Å². The van der Waals surface area contributed by atoms with Crippen molar-refractivity contribution < 1.29 is 27.2 Å². The van der Waals surface area contributed by atoms with E-state index in [1.165, 1.54) is 0 Å². The molecule has 0 amide bonds. The minimum absolute atomic E-state index is 0.0172. The first-order valence-corrected chi connectivity index (χ1v) is 7.81. The number of rotatable bonds is 3. The fourth-order valence-corrected chi connectivity index (χ4v) is 2.61. The number of H-pyrrole nitrogens is 1. The molecule has 20 heavy (non-hydrogen) atoms. The number of halogens is 1. The van der Waals surface area contributed by atoms with Crippen LogP contribution in [0.15, 0.2) is 23.0 Å². The van der Waals surface area contributed by atoms with Gasteiger partial charge in [0.15, 0.2) is 0 Å². The van der Waals surface area contributed by atoms with Gasteiger partial charge in [-0.3, -0.25) is 14.1 Å². The van der Waals surface area contributed by atoms with Crippen molar-refractivity contribution in [3.63, 3.8) is 0 Å². The molecule has 0 spiro atoms. The van der Waals surface area contributed by atoms with E-state index in [0.29, 0.717) is 0 Å². The summed E-state index contributed by atoms with van der Waals surface area (Å²) in [6.07, 6.45) is 0. The highest BCUT2D eigenvalue weighted by molar-refractivity contribution is 7.73. The smallest absolute Gasteiger partial charge is 0.321 e. The third-order valence-corrected chi connectivity index (χ3v) is 3.82. The Kier molecular flexibility index (Phi) is 3.65. The Morgan fingerprint density at radius 1 is 1.25 bits per heavy atom. The molecule has 4 N–H and O–H groups in total. The standard InChI is InChI=1S/C9H8FN2O6PS/c10-5-3-6-4(1-7(5)12-20(17)18)2-8(9(13)11-6)19(14,15)16/h1-3,20H,(H,11,13)(H,12,17,18)(H2,14,15,16). The van der Waals surface area contributed by atoms with Crippen molar-refractivity contribution >= 4 is 40.4 Å². The molecule has 0 atom stereocenters. The summed E-state index contributed by atoms with van der Waals surface area (Å²) < 4.78 is 47.5. The fourth-order valence-electron chi connectivity index (χ4n) is 1.62. The molecule has 0 bridgehead atoms. The molecule has 0 saturated heterocycles. The van der Waals surface area contributed by atoms with Crippen LogP contribution in [-0.4, -0.2) is 23.2 Å². The molecule has 8 nitrogen and oxygen atoms in total. The Balaban J connectivity index is 2.76. The van der Waals surface area contributed by atoms with Gasteiger partial charge in [0, 0.05) is 11.5 Å². The fraction of sp³-hybridized carbons (Fsp3) is 0. The number of pyridine rings is 1. The second-order valence-corrected chi connectivity index (χ2v) is 6.12. The molecule has 2 aromatic rings. The summed E-state index contributed by atoms with van der Waals surface area (Å²) in [7, 11) is -7.89. The molecule has 11 heteroatoms. The van der Waals surface area contributed by atoms with E-state index in [1.54, 1.807) is 0 Å². The van der Waals surface area contributed by atoms with E-state index in [1.807, 2.05) is 4.72 Å². The van der Waals surface area contributed by atoms with E-state index in [-0.39, 0.29) is 10.9 Å². The number of hydrogen-bond donors (Lipinski definition) is 5. The van der Waals surface area contributed by atoms with Crippen LogP contribution in [0.5, 0.6) is 0 Å². The second-order valence-electron chi connectivity index (χ2n) is 3.82. The van der Waals surface area contributed by atoms with Crippen LogP contribution in [0.4, 0.5) is 10.1 Å². The SMILES string of the molecule is O=c1[nH]c2cc(F)c(N[SH](=O)=O)cc2cc1P(=O)(O)O. The lowest BCUT2D eigenvalue weighted by Gasteiger charge is -2.07. The van der Waals surface area contributed by atoms with E-state index in [9.17, 15) is 22.2 Å². The van der Waals surface area contributed by atoms with Gasteiger partial charge in [0.25, 0.3) is 5.56 Å². The highest BCUT2D eigenvalue weighted by Gasteiger charge is 2.22. The quantitative estimate of drug-likeness (QED) is 0.378. The normalized spacial score (nSPS) is 12.0. The van der Waals surface area contributed by atoms with Crippen molar-refractivity contribution in [1.82, 2.24) is 4.98 Å². The predicted molar refractivity (Wildman–Crippen MR) is 70.1 cm³/mol. The average molecular weight is 322 g/mol. The van der Waals surface area contributed by atoms with Gasteiger partial charge < -0.3 is 14.8 Å². The number of hydrogen-bond acceptors (Lipinski definition) is 4. The van der Waals surface area contributed by atoms with Crippen molar-refractivity contribution in [2.45, 2.75) is 0 Å². The minimum Gasteiger partial charge on any atom is -0.321 e. The summed E-state index contributed by atoms with van der Waals surface area (Å²) in [5, 5.41) is -0.710. The molecule has 0 saturated carbocycles. The number of benzene rings is 1. The first kappa shape index (κ1) is 14.7. The van der Waals surface area contributed by atoms with E-state index in [2.05, 4.69) is 4.98 Å². The van der Waals surface area contributed by atoms with Gasteiger partial charge in [-0.1, -0.05) is 0 Å². The summed E-state index contributed by atoms with van der Waals surface area (Å²) >= 11 is 0. The molecule has 0 aliphatic rings. The number of thiol groups is 1. The van der Waals surface area contributed by atoms with E-state index in [0.717, 1.165) is 18.2 Å². The lowest BCUT2D eigenvalue weighted by atomic mass is 10.2. The average Bonchev–Trinajstić information content (AvgIpc) is 2.27. The lowest BCUT2D eigenvalue weighted by Crippen LogP contribution is -2.26. The van der Waals surface area contributed by atoms with Crippen LogP contribution in [-0.2, 0) is 15.5 Å². The van der Waals surface area contributed by atoms with Gasteiger partial charge in [-0.25, -0.2) is 12.8 Å². The molecule has 0 aliphatic carbocycles. The number of anilines is 1. The van der Waals surface area contributed by atoms with E-state index >= 15 is 0 Å². The van der Waals surface area contributed by atoms with Gasteiger partial charge in [-0.2, -0.15) is 0 Å². The van der Waals surface area contributed by atoms with Crippen molar-refractivity contribution in [2.24, 2.45) is 0 Å². The Bertz CT molecular complexity index is 863. The van der Waals surface area contributed by atoms with E-state index < -0.39 is 40.9 Å². The first-order valence-electron chi connectivity index (χ1n) is 5.02. The van der Waals surface area contributed by atoms with Gasteiger partial charge in [-0.05, 0) is 12.1 Å². The zero-order valence-corrected chi connectivity index (χ0v) is 11.3.